The molecule has 1 rings (SSSR count). The monoisotopic (exact) mass is 274 g/mol. The van der Waals surface area contributed by atoms with Gasteiger partial charge in [0.25, 0.3) is 0 Å². The lowest BCUT2D eigenvalue weighted by molar-refractivity contribution is 0.315. The Hall–Kier alpha value is -0.980. The smallest absolute Gasteiger partial charge is 0.241 e. The molecule has 0 fully saturated rings. The first-order valence-electron chi connectivity index (χ1n) is 5.71. The molecule has 18 heavy (non-hydrogen) atoms. The first-order chi connectivity index (χ1) is 8.21. The van der Waals surface area contributed by atoms with Crippen molar-refractivity contribution in [1.29, 1.82) is 0 Å². The first-order valence-corrected chi connectivity index (χ1v) is 7.19. The average molecular weight is 274 g/mol. The minimum atomic E-state index is -3.77. The van der Waals surface area contributed by atoms with Crippen LogP contribution >= 0.6 is 0 Å². The number of hydrogen-bond acceptors (Lipinski definition) is 3. The zero-order valence-electron chi connectivity index (χ0n) is 10.8. The van der Waals surface area contributed by atoms with Crippen LogP contribution in [-0.2, 0) is 10.0 Å². The fraction of sp³-hybridized carbons (Fsp3) is 0.500. The van der Waals surface area contributed by atoms with E-state index < -0.39 is 21.4 Å². The highest BCUT2D eigenvalue weighted by Gasteiger charge is 2.32. The van der Waals surface area contributed by atoms with Gasteiger partial charge in [0.2, 0.25) is 10.0 Å². The van der Waals surface area contributed by atoms with Gasteiger partial charge in [-0.1, -0.05) is 19.9 Å². The van der Waals surface area contributed by atoms with Gasteiger partial charge in [0.05, 0.1) is 4.90 Å². The third-order valence-electron chi connectivity index (χ3n) is 3.17. The van der Waals surface area contributed by atoms with Crippen molar-refractivity contribution in [2.45, 2.75) is 31.2 Å². The van der Waals surface area contributed by atoms with E-state index in [1.165, 1.54) is 18.2 Å². The van der Waals surface area contributed by atoms with Crippen molar-refractivity contribution in [3.8, 4) is 0 Å². The van der Waals surface area contributed by atoms with Crippen LogP contribution in [0.1, 0.15) is 20.8 Å². The maximum Gasteiger partial charge on any atom is 0.241 e. The number of nitrogens with two attached hydrogens (primary N) is 1. The van der Waals surface area contributed by atoms with Gasteiger partial charge in [0, 0.05) is 12.1 Å². The van der Waals surface area contributed by atoms with Gasteiger partial charge >= 0.3 is 0 Å². The predicted molar refractivity (Wildman–Crippen MR) is 69.0 cm³/mol. The maximum absolute atomic E-state index is 13.1. The van der Waals surface area contributed by atoms with E-state index in [-0.39, 0.29) is 17.4 Å². The number of halogens is 1. The van der Waals surface area contributed by atoms with Crippen molar-refractivity contribution in [2.75, 3.05) is 6.54 Å². The molecule has 0 aliphatic rings. The highest BCUT2D eigenvalue weighted by molar-refractivity contribution is 7.89. The van der Waals surface area contributed by atoms with E-state index in [4.69, 9.17) is 5.73 Å². The fourth-order valence-electron chi connectivity index (χ4n) is 1.40. The predicted octanol–water partition coefficient (Wildman–Crippen LogP) is 1.48. The van der Waals surface area contributed by atoms with Gasteiger partial charge in [-0.2, -0.15) is 0 Å². The van der Waals surface area contributed by atoms with Gasteiger partial charge < -0.3 is 5.73 Å². The molecule has 1 atom stereocenters. The lowest BCUT2D eigenvalue weighted by atomic mass is 9.90. The number of nitrogens with one attached hydrogen (secondary N) is 1. The molecule has 0 amide bonds. The third kappa shape index (κ3) is 3.28. The van der Waals surface area contributed by atoms with Crippen molar-refractivity contribution in [2.24, 2.45) is 11.7 Å². The molecular weight excluding hydrogens is 255 g/mol. The minimum absolute atomic E-state index is 0.0193. The lowest BCUT2D eigenvalue weighted by Gasteiger charge is -2.33. The van der Waals surface area contributed by atoms with E-state index >= 15 is 0 Å². The fourth-order valence-corrected chi connectivity index (χ4v) is 2.97. The average Bonchev–Trinajstić information content (AvgIpc) is 2.28. The molecule has 0 saturated carbocycles. The van der Waals surface area contributed by atoms with Crippen LogP contribution in [0.5, 0.6) is 0 Å². The van der Waals surface area contributed by atoms with Crippen LogP contribution < -0.4 is 10.5 Å². The Balaban J connectivity index is 3.09. The zero-order chi connectivity index (χ0) is 14.0. The molecule has 0 radical (unpaired) electrons. The van der Waals surface area contributed by atoms with E-state index in [1.54, 1.807) is 6.92 Å². The van der Waals surface area contributed by atoms with Crippen molar-refractivity contribution in [1.82, 2.24) is 4.72 Å². The molecule has 0 heterocycles. The summed E-state index contributed by atoms with van der Waals surface area (Å²) in [5.41, 5.74) is 4.86. The molecule has 1 aromatic carbocycles. The van der Waals surface area contributed by atoms with E-state index in [0.717, 1.165) is 6.07 Å². The van der Waals surface area contributed by atoms with E-state index in [0.29, 0.717) is 0 Å². The summed E-state index contributed by atoms with van der Waals surface area (Å²) >= 11 is 0. The molecule has 0 spiro atoms. The van der Waals surface area contributed by atoms with Crippen LogP contribution in [0.3, 0.4) is 0 Å². The van der Waals surface area contributed by atoms with Gasteiger partial charge in [-0.25, -0.2) is 17.5 Å². The van der Waals surface area contributed by atoms with Crippen molar-refractivity contribution in [3.63, 3.8) is 0 Å². The van der Waals surface area contributed by atoms with Crippen LogP contribution in [0, 0.1) is 11.7 Å². The quantitative estimate of drug-likeness (QED) is 0.854. The second kappa shape index (κ2) is 5.34. The first kappa shape index (κ1) is 15.1. The summed E-state index contributed by atoms with van der Waals surface area (Å²) in [6.07, 6.45) is 0. The highest BCUT2D eigenvalue weighted by Crippen LogP contribution is 2.19. The second-order valence-corrected chi connectivity index (χ2v) is 6.52. The topological polar surface area (TPSA) is 72.2 Å². The van der Waals surface area contributed by atoms with Gasteiger partial charge in [0.1, 0.15) is 5.82 Å². The van der Waals surface area contributed by atoms with Crippen LogP contribution in [-0.4, -0.2) is 20.5 Å². The summed E-state index contributed by atoms with van der Waals surface area (Å²) < 4.78 is 39.9. The van der Waals surface area contributed by atoms with E-state index in [2.05, 4.69) is 4.72 Å². The van der Waals surface area contributed by atoms with Gasteiger partial charge in [-0.15, -0.1) is 0 Å². The summed E-state index contributed by atoms with van der Waals surface area (Å²) in [5.74, 6) is -0.567. The molecule has 102 valence electrons. The molecule has 0 aromatic heterocycles. The van der Waals surface area contributed by atoms with Crippen LogP contribution in [0.25, 0.3) is 0 Å². The number of hydrogen-bond donors (Lipinski definition) is 2. The molecule has 4 nitrogen and oxygen atoms in total. The Bertz CT molecular complexity index is 517. The summed E-state index contributed by atoms with van der Waals surface area (Å²) in [5, 5.41) is 0. The normalized spacial score (nSPS) is 15.7. The Morgan fingerprint density at radius 1 is 1.44 bits per heavy atom. The lowest BCUT2D eigenvalue weighted by Crippen LogP contribution is -2.54. The number of benzene rings is 1. The number of sulfonamides is 1. The highest BCUT2D eigenvalue weighted by atomic mass is 32.2. The van der Waals surface area contributed by atoms with E-state index in [9.17, 15) is 12.8 Å². The van der Waals surface area contributed by atoms with Gasteiger partial charge in [-0.3, -0.25) is 0 Å². The van der Waals surface area contributed by atoms with Crippen molar-refractivity contribution in [3.05, 3.63) is 30.1 Å². The van der Waals surface area contributed by atoms with Crippen LogP contribution in [0.2, 0.25) is 0 Å². The molecule has 0 aliphatic carbocycles. The van der Waals surface area contributed by atoms with Gasteiger partial charge in [-0.05, 0) is 31.0 Å². The van der Waals surface area contributed by atoms with Crippen molar-refractivity contribution >= 4 is 10.0 Å². The van der Waals surface area contributed by atoms with Crippen molar-refractivity contribution < 1.29 is 12.8 Å². The molecule has 6 heteroatoms. The Labute approximate surface area is 107 Å². The molecule has 0 bridgehead atoms. The summed E-state index contributed by atoms with van der Waals surface area (Å²) in [6, 6.07) is 4.89. The molecule has 1 aromatic rings. The summed E-state index contributed by atoms with van der Waals surface area (Å²) in [7, 11) is -3.77. The molecule has 3 N–H and O–H groups in total. The van der Waals surface area contributed by atoms with Gasteiger partial charge in [0.15, 0.2) is 0 Å². The molecule has 1 unspecified atom stereocenters. The summed E-state index contributed by atoms with van der Waals surface area (Å²) in [6.45, 7) is 5.65. The minimum Gasteiger partial charge on any atom is -0.329 e. The number of rotatable bonds is 5. The second-order valence-electron chi connectivity index (χ2n) is 4.84. The largest absolute Gasteiger partial charge is 0.329 e. The third-order valence-corrected chi connectivity index (χ3v) is 4.78. The molecular formula is C12H19FN2O2S. The molecule has 0 aliphatic heterocycles. The van der Waals surface area contributed by atoms with Crippen LogP contribution in [0.15, 0.2) is 29.2 Å². The Kier molecular flexibility index (Phi) is 4.47. The SMILES string of the molecule is CC(C)C(C)(CN)NS(=O)(=O)c1cccc(F)c1. The Morgan fingerprint density at radius 2 is 2.06 bits per heavy atom. The van der Waals surface area contributed by atoms with E-state index in [1.807, 2.05) is 13.8 Å². The summed E-state index contributed by atoms with van der Waals surface area (Å²) in [4.78, 5) is -0.0946. The standard InChI is InChI=1S/C12H19FN2O2S/c1-9(2)12(3,8-14)15-18(16,17)11-6-4-5-10(13)7-11/h4-7,9,15H,8,14H2,1-3H3. The maximum atomic E-state index is 13.1. The Morgan fingerprint density at radius 3 is 2.50 bits per heavy atom. The molecule has 0 saturated heterocycles. The van der Waals surface area contributed by atoms with Crippen LogP contribution in [0.4, 0.5) is 4.39 Å². The zero-order valence-corrected chi connectivity index (χ0v) is 11.6.